The highest BCUT2D eigenvalue weighted by Gasteiger charge is 2.15. The fourth-order valence-electron chi connectivity index (χ4n) is 0.926. The van der Waals surface area contributed by atoms with Crippen LogP contribution in [0.5, 0.6) is 0 Å². The first-order valence-electron chi connectivity index (χ1n) is 3.57. The van der Waals surface area contributed by atoms with Crippen molar-refractivity contribution in [2.45, 2.75) is 6.04 Å². The van der Waals surface area contributed by atoms with E-state index in [1.54, 1.807) is 0 Å². The van der Waals surface area contributed by atoms with Crippen LogP contribution in [0.25, 0.3) is 0 Å². The molecular weight excluding hydrogens is 200 g/mol. The van der Waals surface area contributed by atoms with Crippen molar-refractivity contribution < 1.29 is 13.9 Å². The van der Waals surface area contributed by atoms with Gasteiger partial charge in [-0.3, -0.25) is 0 Å². The van der Waals surface area contributed by atoms with Gasteiger partial charge < -0.3 is 10.8 Å². The van der Waals surface area contributed by atoms with Gasteiger partial charge in [0.05, 0.1) is 12.6 Å². The Morgan fingerprint density at radius 2 is 2.08 bits per heavy atom. The quantitative estimate of drug-likeness (QED) is 0.724. The Labute approximate surface area is 78.9 Å². The van der Waals surface area contributed by atoms with Crippen LogP contribution >= 0.6 is 11.6 Å². The van der Waals surface area contributed by atoms with Crippen LogP contribution in [-0.4, -0.2) is 11.7 Å². The Balaban J connectivity index is 3.18. The van der Waals surface area contributed by atoms with Crippen molar-refractivity contribution >= 4 is 11.6 Å². The molecule has 1 atom stereocenters. The van der Waals surface area contributed by atoms with E-state index in [-0.39, 0.29) is 5.56 Å². The van der Waals surface area contributed by atoms with E-state index in [1.807, 2.05) is 0 Å². The molecule has 0 amide bonds. The fourth-order valence-corrected chi connectivity index (χ4v) is 1.10. The first-order chi connectivity index (χ1) is 6.07. The van der Waals surface area contributed by atoms with Gasteiger partial charge in [0.2, 0.25) is 0 Å². The lowest BCUT2D eigenvalue weighted by Crippen LogP contribution is -2.16. The first-order valence-corrected chi connectivity index (χ1v) is 3.95. The summed E-state index contributed by atoms with van der Waals surface area (Å²) in [5.74, 6) is -1.75. The highest BCUT2D eigenvalue weighted by atomic mass is 35.5. The second kappa shape index (κ2) is 4.00. The summed E-state index contributed by atoms with van der Waals surface area (Å²) in [7, 11) is 0. The molecule has 0 aliphatic heterocycles. The SMILES string of the molecule is NC(CO)c1ccc(F)c(Cl)c1F. The zero-order chi connectivity index (χ0) is 10.0. The lowest BCUT2D eigenvalue weighted by Gasteiger charge is -2.10. The van der Waals surface area contributed by atoms with Gasteiger partial charge >= 0.3 is 0 Å². The number of hydrogen-bond donors (Lipinski definition) is 2. The third kappa shape index (κ3) is 1.96. The van der Waals surface area contributed by atoms with E-state index < -0.39 is 29.3 Å². The maximum absolute atomic E-state index is 13.1. The Bertz CT molecular complexity index is 319. The fraction of sp³-hybridized carbons (Fsp3) is 0.250. The van der Waals surface area contributed by atoms with Gasteiger partial charge in [0.1, 0.15) is 16.7 Å². The van der Waals surface area contributed by atoms with Crippen molar-refractivity contribution in [3.63, 3.8) is 0 Å². The van der Waals surface area contributed by atoms with Crippen LogP contribution in [-0.2, 0) is 0 Å². The van der Waals surface area contributed by atoms with Crippen molar-refractivity contribution in [2.75, 3.05) is 6.61 Å². The second-order valence-electron chi connectivity index (χ2n) is 2.55. The van der Waals surface area contributed by atoms with E-state index >= 15 is 0 Å². The van der Waals surface area contributed by atoms with E-state index in [2.05, 4.69) is 0 Å². The van der Waals surface area contributed by atoms with Gasteiger partial charge in [0.25, 0.3) is 0 Å². The molecule has 13 heavy (non-hydrogen) atoms. The standard InChI is InChI=1S/C8H8ClF2NO/c9-7-5(10)2-1-4(8(7)11)6(12)3-13/h1-2,6,13H,3,12H2. The normalized spacial score (nSPS) is 13.0. The monoisotopic (exact) mass is 207 g/mol. The molecule has 0 saturated carbocycles. The van der Waals surface area contributed by atoms with E-state index in [9.17, 15) is 8.78 Å². The zero-order valence-electron chi connectivity index (χ0n) is 6.60. The maximum atomic E-state index is 13.1. The van der Waals surface area contributed by atoms with Crippen molar-refractivity contribution in [1.82, 2.24) is 0 Å². The van der Waals surface area contributed by atoms with E-state index in [0.717, 1.165) is 12.1 Å². The lowest BCUT2D eigenvalue weighted by atomic mass is 10.1. The number of rotatable bonds is 2. The average molecular weight is 208 g/mol. The van der Waals surface area contributed by atoms with Crippen LogP contribution < -0.4 is 5.73 Å². The minimum atomic E-state index is -0.914. The molecule has 0 radical (unpaired) electrons. The third-order valence-corrected chi connectivity index (χ3v) is 2.01. The molecule has 1 aromatic carbocycles. The van der Waals surface area contributed by atoms with E-state index in [1.165, 1.54) is 0 Å². The summed E-state index contributed by atoms with van der Waals surface area (Å²) in [6, 6.07) is 1.30. The molecule has 0 bridgehead atoms. The van der Waals surface area contributed by atoms with Gasteiger partial charge in [0.15, 0.2) is 0 Å². The predicted molar refractivity (Wildman–Crippen MR) is 45.4 cm³/mol. The molecular formula is C8H8ClF2NO. The van der Waals surface area contributed by atoms with Gasteiger partial charge in [-0.2, -0.15) is 0 Å². The number of aliphatic hydroxyl groups is 1. The van der Waals surface area contributed by atoms with Crippen LogP contribution in [0.15, 0.2) is 12.1 Å². The molecule has 0 heterocycles. The number of nitrogens with two attached hydrogens (primary N) is 1. The summed E-state index contributed by atoms with van der Waals surface area (Å²) in [5, 5.41) is 8.05. The minimum Gasteiger partial charge on any atom is -0.394 e. The second-order valence-corrected chi connectivity index (χ2v) is 2.93. The van der Waals surface area contributed by atoms with Gasteiger partial charge in [0, 0.05) is 5.56 Å². The van der Waals surface area contributed by atoms with Crippen LogP contribution in [0.2, 0.25) is 5.02 Å². The highest BCUT2D eigenvalue weighted by molar-refractivity contribution is 6.30. The molecule has 0 aromatic heterocycles. The smallest absolute Gasteiger partial charge is 0.149 e. The van der Waals surface area contributed by atoms with Crippen molar-refractivity contribution in [3.8, 4) is 0 Å². The number of halogens is 3. The first kappa shape index (κ1) is 10.4. The maximum Gasteiger partial charge on any atom is 0.149 e. The molecule has 1 rings (SSSR count). The van der Waals surface area contributed by atoms with Crippen LogP contribution in [0.4, 0.5) is 8.78 Å². The van der Waals surface area contributed by atoms with Gasteiger partial charge in [-0.25, -0.2) is 8.78 Å². The zero-order valence-corrected chi connectivity index (χ0v) is 7.35. The number of aliphatic hydroxyl groups excluding tert-OH is 1. The van der Waals surface area contributed by atoms with Gasteiger partial charge in [-0.15, -0.1) is 0 Å². The van der Waals surface area contributed by atoms with E-state index in [0.29, 0.717) is 0 Å². The number of hydrogen-bond acceptors (Lipinski definition) is 2. The summed E-state index contributed by atoms with van der Waals surface area (Å²) in [5.41, 5.74) is 5.35. The molecule has 0 fully saturated rings. The third-order valence-electron chi connectivity index (χ3n) is 1.66. The Hall–Kier alpha value is -0.710. The highest BCUT2D eigenvalue weighted by Crippen LogP contribution is 2.24. The van der Waals surface area contributed by atoms with Crippen LogP contribution in [0.1, 0.15) is 11.6 Å². The molecule has 72 valence electrons. The molecule has 0 aliphatic carbocycles. The van der Waals surface area contributed by atoms with Crippen LogP contribution in [0.3, 0.4) is 0 Å². The lowest BCUT2D eigenvalue weighted by molar-refractivity contribution is 0.265. The largest absolute Gasteiger partial charge is 0.394 e. The molecule has 2 nitrogen and oxygen atoms in total. The predicted octanol–water partition coefficient (Wildman–Crippen LogP) is 1.61. The summed E-state index contributed by atoms with van der Waals surface area (Å²) < 4.78 is 25.8. The molecule has 0 saturated heterocycles. The van der Waals surface area contributed by atoms with E-state index in [4.69, 9.17) is 22.4 Å². The molecule has 1 aromatic rings. The van der Waals surface area contributed by atoms with Crippen LogP contribution in [0, 0.1) is 11.6 Å². The van der Waals surface area contributed by atoms with Gasteiger partial charge in [-0.05, 0) is 6.07 Å². The summed E-state index contributed by atoms with van der Waals surface area (Å²) in [6.45, 7) is -0.418. The Morgan fingerprint density at radius 1 is 1.46 bits per heavy atom. The van der Waals surface area contributed by atoms with Crippen molar-refractivity contribution in [3.05, 3.63) is 34.4 Å². The average Bonchev–Trinajstić information content (AvgIpc) is 2.13. The Kier molecular flexibility index (Phi) is 3.19. The van der Waals surface area contributed by atoms with Gasteiger partial charge in [-0.1, -0.05) is 17.7 Å². The van der Waals surface area contributed by atoms with Crippen molar-refractivity contribution in [2.24, 2.45) is 5.73 Å². The topological polar surface area (TPSA) is 46.2 Å². The molecule has 1 unspecified atom stereocenters. The molecule has 5 heteroatoms. The minimum absolute atomic E-state index is 0.00824. The summed E-state index contributed by atoms with van der Waals surface area (Å²) >= 11 is 5.30. The van der Waals surface area contributed by atoms with Crippen molar-refractivity contribution in [1.29, 1.82) is 0 Å². The molecule has 0 spiro atoms. The molecule has 0 aliphatic rings. The number of benzene rings is 1. The molecule has 3 N–H and O–H groups in total. The summed E-state index contributed by atoms with van der Waals surface area (Å²) in [4.78, 5) is 0. The summed E-state index contributed by atoms with van der Waals surface area (Å²) in [6.07, 6.45) is 0. The Morgan fingerprint density at radius 3 is 2.62 bits per heavy atom.